The molecule has 6 nitrogen and oxygen atoms in total. The largest absolute Gasteiger partial charge is 0.382 e. The Hall–Kier alpha value is -1.11. The number of fused-ring (bicyclic) bond motifs is 1. The lowest BCUT2D eigenvalue weighted by Gasteiger charge is -2.18. The lowest BCUT2D eigenvalue weighted by atomic mass is 10.3. The Morgan fingerprint density at radius 1 is 1.35 bits per heavy atom. The fourth-order valence-corrected chi connectivity index (χ4v) is 2.59. The molecule has 20 heavy (non-hydrogen) atoms. The monoisotopic (exact) mass is 300 g/mol. The van der Waals surface area contributed by atoms with Crippen LogP contribution in [0, 0.1) is 6.92 Å². The molecule has 0 saturated heterocycles. The zero-order chi connectivity index (χ0) is 14.9. The number of halogens is 1. The van der Waals surface area contributed by atoms with Crippen molar-refractivity contribution < 1.29 is 9.47 Å². The number of methoxy groups -OCH3 is 2. The highest BCUT2D eigenvalue weighted by molar-refractivity contribution is 6.20. The number of rotatable bonds is 6. The second-order valence-corrected chi connectivity index (χ2v) is 5.55. The van der Waals surface area contributed by atoms with Crippen molar-refractivity contribution in [3.05, 3.63) is 11.5 Å². The van der Waals surface area contributed by atoms with Crippen molar-refractivity contribution in [3.8, 4) is 0 Å². The van der Waals surface area contributed by atoms with Gasteiger partial charge in [0.1, 0.15) is 11.3 Å². The first kappa shape index (κ1) is 15.3. The summed E-state index contributed by atoms with van der Waals surface area (Å²) in [5.74, 6) is 0.830. The van der Waals surface area contributed by atoms with Gasteiger partial charge in [-0.2, -0.15) is 5.10 Å². The van der Waals surface area contributed by atoms with Crippen molar-refractivity contribution in [2.75, 3.05) is 20.8 Å². The average Bonchev–Trinajstić information content (AvgIpc) is 2.89. The van der Waals surface area contributed by atoms with Crippen LogP contribution in [0.5, 0.6) is 0 Å². The molecule has 0 radical (unpaired) electrons. The first-order valence-corrected chi connectivity index (χ1v) is 6.98. The Kier molecular flexibility index (Phi) is 4.67. The van der Waals surface area contributed by atoms with Crippen LogP contribution in [0.2, 0.25) is 0 Å². The predicted octanol–water partition coefficient (Wildman–Crippen LogP) is 2.04. The Morgan fingerprint density at radius 3 is 2.60 bits per heavy atom. The highest BCUT2D eigenvalue weighted by Crippen LogP contribution is 2.26. The first-order chi connectivity index (χ1) is 9.49. The van der Waals surface area contributed by atoms with Gasteiger partial charge in [0, 0.05) is 21.3 Å². The molecule has 2 aromatic rings. The van der Waals surface area contributed by atoms with E-state index >= 15 is 0 Å². The molecule has 0 fully saturated rings. The molecule has 0 N–H and O–H groups in total. The van der Waals surface area contributed by atoms with Gasteiger partial charge in [0.25, 0.3) is 0 Å². The average molecular weight is 301 g/mol. The zero-order valence-electron chi connectivity index (χ0n) is 12.6. The Labute approximate surface area is 123 Å². The third kappa shape index (κ3) is 2.68. The van der Waals surface area contributed by atoms with Gasteiger partial charge in [-0.05, 0) is 13.8 Å². The maximum atomic E-state index is 6.26. The number of imidazole rings is 1. The van der Waals surface area contributed by atoms with Gasteiger partial charge >= 0.3 is 0 Å². The molecule has 0 spiro atoms. The minimum atomic E-state index is -0.179. The van der Waals surface area contributed by atoms with Crippen molar-refractivity contribution in [2.24, 2.45) is 7.05 Å². The Balaban J connectivity index is 2.50. The summed E-state index contributed by atoms with van der Waals surface area (Å²) < 4.78 is 14.5. The Morgan fingerprint density at radius 2 is 2.05 bits per heavy atom. The normalized spacial score (nSPS) is 14.9. The summed E-state index contributed by atoms with van der Waals surface area (Å²) in [5.41, 5.74) is 2.76. The van der Waals surface area contributed by atoms with Gasteiger partial charge in [-0.3, -0.25) is 4.68 Å². The van der Waals surface area contributed by atoms with Crippen LogP contribution in [0.3, 0.4) is 0 Å². The standard InChI is InChI=1S/C13H21ClN4O2/c1-8(14)12-15-11-9(2)16-17(3)13(11)18(12)6-10(20-5)7-19-4/h8,10H,6-7H2,1-5H3. The van der Waals surface area contributed by atoms with Gasteiger partial charge in [0.2, 0.25) is 0 Å². The topological polar surface area (TPSA) is 54.1 Å². The van der Waals surface area contributed by atoms with E-state index < -0.39 is 0 Å². The summed E-state index contributed by atoms with van der Waals surface area (Å²) >= 11 is 6.26. The van der Waals surface area contributed by atoms with E-state index in [-0.39, 0.29) is 11.5 Å². The second kappa shape index (κ2) is 6.11. The predicted molar refractivity (Wildman–Crippen MR) is 78.2 cm³/mol. The van der Waals surface area contributed by atoms with Crippen LogP contribution >= 0.6 is 11.6 Å². The number of nitrogens with zero attached hydrogens (tertiary/aromatic N) is 4. The molecule has 2 unspecified atom stereocenters. The molecule has 0 aliphatic carbocycles. The first-order valence-electron chi connectivity index (χ1n) is 6.55. The molecule has 7 heteroatoms. The van der Waals surface area contributed by atoms with E-state index in [1.165, 1.54) is 0 Å². The van der Waals surface area contributed by atoms with Gasteiger partial charge in [-0.25, -0.2) is 4.98 Å². The van der Waals surface area contributed by atoms with Crippen molar-refractivity contribution in [1.29, 1.82) is 0 Å². The molecule has 0 bridgehead atoms. The molecule has 2 rings (SSSR count). The number of hydrogen-bond donors (Lipinski definition) is 0. The highest BCUT2D eigenvalue weighted by atomic mass is 35.5. The summed E-state index contributed by atoms with van der Waals surface area (Å²) in [7, 11) is 5.25. The maximum Gasteiger partial charge on any atom is 0.158 e. The number of ether oxygens (including phenoxy) is 2. The van der Waals surface area contributed by atoms with E-state index in [2.05, 4.69) is 14.6 Å². The lowest BCUT2D eigenvalue weighted by Crippen LogP contribution is -2.25. The van der Waals surface area contributed by atoms with Gasteiger partial charge in [0.15, 0.2) is 5.65 Å². The van der Waals surface area contributed by atoms with Crippen LogP contribution in [0.4, 0.5) is 0 Å². The molecule has 2 atom stereocenters. The van der Waals surface area contributed by atoms with Crippen LogP contribution in [0.15, 0.2) is 0 Å². The molecule has 0 saturated carbocycles. The van der Waals surface area contributed by atoms with E-state index in [1.807, 2.05) is 25.6 Å². The molecule has 0 aliphatic heterocycles. The number of aromatic nitrogens is 4. The second-order valence-electron chi connectivity index (χ2n) is 4.89. The van der Waals surface area contributed by atoms with Gasteiger partial charge in [-0.15, -0.1) is 11.6 Å². The SMILES string of the molecule is COCC(Cn1c(C(C)Cl)nc2c(C)nn(C)c21)OC. The zero-order valence-corrected chi connectivity index (χ0v) is 13.3. The molecule has 112 valence electrons. The third-order valence-corrected chi connectivity index (χ3v) is 3.54. The number of alkyl halides is 1. The smallest absolute Gasteiger partial charge is 0.158 e. The van der Waals surface area contributed by atoms with E-state index in [0.717, 1.165) is 22.7 Å². The highest BCUT2D eigenvalue weighted by Gasteiger charge is 2.22. The van der Waals surface area contributed by atoms with Crippen LogP contribution in [-0.4, -0.2) is 46.3 Å². The molecular weight excluding hydrogens is 280 g/mol. The number of hydrogen-bond acceptors (Lipinski definition) is 4. The summed E-state index contributed by atoms with van der Waals surface area (Å²) in [6.07, 6.45) is -0.0539. The summed E-state index contributed by atoms with van der Waals surface area (Å²) in [6.45, 7) is 5.01. The molecule has 2 heterocycles. The van der Waals surface area contributed by atoms with E-state index in [9.17, 15) is 0 Å². The minimum absolute atomic E-state index is 0.0539. The van der Waals surface area contributed by atoms with Crippen LogP contribution in [0.25, 0.3) is 11.2 Å². The van der Waals surface area contributed by atoms with E-state index in [1.54, 1.807) is 14.2 Å². The van der Waals surface area contributed by atoms with E-state index in [0.29, 0.717) is 13.2 Å². The van der Waals surface area contributed by atoms with Gasteiger partial charge in [0.05, 0.1) is 30.3 Å². The van der Waals surface area contributed by atoms with Crippen molar-refractivity contribution >= 4 is 22.8 Å². The molecule has 0 aromatic carbocycles. The van der Waals surface area contributed by atoms with Crippen molar-refractivity contribution in [2.45, 2.75) is 31.9 Å². The van der Waals surface area contributed by atoms with Crippen molar-refractivity contribution in [3.63, 3.8) is 0 Å². The van der Waals surface area contributed by atoms with E-state index in [4.69, 9.17) is 21.1 Å². The fraction of sp³-hybridized carbons (Fsp3) is 0.692. The Bertz CT molecular complexity index is 591. The third-order valence-electron chi connectivity index (χ3n) is 3.35. The fourth-order valence-electron chi connectivity index (χ4n) is 2.42. The minimum Gasteiger partial charge on any atom is -0.382 e. The maximum absolute atomic E-state index is 6.26. The van der Waals surface area contributed by atoms with Gasteiger partial charge in [-0.1, -0.05) is 0 Å². The quantitative estimate of drug-likeness (QED) is 0.766. The summed E-state index contributed by atoms with van der Waals surface area (Å²) in [5, 5.41) is 4.23. The summed E-state index contributed by atoms with van der Waals surface area (Å²) in [6, 6.07) is 0. The molecular formula is C13H21ClN4O2. The van der Waals surface area contributed by atoms with Crippen LogP contribution in [0.1, 0.15) is 23.8 Å². The van der Waals surface area contributed by atoms with Crippen LogP contribution in [-0.2, 0) is 23.1 Å². The van der Waals surface area contributed by atoms with Crippen LogP contribution < -0.4 is 0 Å². The number of aryl methyl sites for hydroxylation is 2. The van der Waals surface area contributed by atoms with Crippen molar-refractivity contribution in [1.82, 2.24) is 19.3 Å². The molecule has 0 aliphatic rings. The molecule has 0 amide bonds. The lowest BCUT2D eigenvalue weighted by molar-refractivity contribution is 0.0184. The van der Waals surface area contributed by atoms with Gasteiger partial charge < -0.3 is 14.0 Å². The summed E-state index contributed by atoms with van der Waals surface area (Å²) in [4.78, 5) is 4.63. The molecule has 2 aromatic heterocycles.